The number of thiol groups is 1. The summed E-state index contributed by atoms with van der Waals surface area (Å²) in [7, 11) is 0. The maximum Gasteiger partial charge on any atom is 0.150 e. The Morgan fingerprint density at radius 3 is 2.66 bits per heavy atom. The van der Waals surface area contributed by atoms with Crippen LogP contribution < -0.4 is 15.2 Å². The Kier molecular flexibility index (Phi) is 7.73. The molecule has 1 saturated heterocycles. The number of phenolic OH excluding ortho intramolecular Hbond substituents is 1. The van der Waals surface area contributed by atoms with E-state index in [1.54, 1.807) is 12.1 Å². The molecule has 6 heteroatoms. The number of likely N-dealkylation sites (tertiary alicyclic amines) is 1. The molecule has 0 saturated carbocycles. The molecule has 0 aliphatic carbocycles. The van der Waals surface area contributed by atoms with Gasteiger partial charge in [0.2, 0.25) is 0 Å². The molecule has 3 atom stereocenters. The lowest BCUT2D eigenvalue weighted by Gasteiger charge is -2.31. The highest BCUT2D eigenvalue weighted by molar-refractivity contribution is 7.90. The van der Waals surface area contributed by atoms with Gasteiger partial charge in [-0.25, -0.2) is 0 Å². The second kappa shape index (κ2) is 11.2. The second-order valence-corrected chi connectivity index (χ2v) is 10.9. The number of nitrogens with zero attached hydrogens (tertiary/aromatic N) is 1. The number of hydrogen-bond acceptors (Lipinski definition) is 6. The highest BCUT2D eigenvalue weighted by Gasteiger charge is 2.30. The average molecular weight is 529 g/mol. The number of ether oxygens (including phenoxy) is 2. The zero-order valence-electron chi connectivity index (χ0n) is 22.2. The zero-order chi connectivity index (χ0) is 26.8. The molecule has 2 aliphatic rings. The normalized spacial score (nSPS) is 20.7. The first-order chi connectivity index (χ1) is 18.3. The highest BCUT2D eigenvalue weighted by atomic mass is 32.1. The number of rotatable bonds is 7. The molecule has 0 spiro atoms. The van der Waals surface area contributed by atoms with Crippen LogP contribution >= 0.6 is 12.6 Å². The van der Waals surface area contributed by atoms with E-state index in [9.17, 15) is 5.11 Å². The molecule has 3 aromatic rings. The molecule has 1 unspecified atom stereocenters. The van der Waals surface area contributed by atoms with Gasteiger partial charge in [-0.1, -0.05) is 37.3 Å². The number of benzene rings is 3. The van der Waals surface area contributed by atoms with E-state index >= 15 is 0 Å². The Morgan fingerprint density at radius 1 is 1.18 bits per heavy atom. The summed E-state index contributed by atoms with van der Waals surface area (Å²) in [5, 5.41) is 10.2. The van der Waals surface area contributed by atoms with Crippen molar-refractivity contribution < 1.29 is 14.6 Å². The third kappa shape index (κ3) is 5.42. The van der Waals surface area contributed by atoms with E-state index in [0.29, 0.717) is 17.6 Å². The third-order valence-electron chi connectivity index (χ3n) is 7.66. The van der Waals surface area contributed by atoms with E-state index in [1.165, 1.54) is 12.6 Å². The van der Waals surface area contributed by atoms with Crippen LogP contribution in [0.1, 0.15) is 55.5 Å². The van der Waals surface area contributed by atoms with Gasteiger partial charge in [-0.3, -0.25) is 4.90 Å². The quantitative estimate of drug-likeness (QED) is 0.296. The number of nitrogens with two attached hydrogens (primary N) is 1. The van der Waals surface area contributed by atoms with Crippen molar-refractivity contribution in [2.45, 2.75) is 39.3 Å². The van der Waals surface area contributed by atoms with Crippen molar-refractivity contribution in [3.63, 3.8) is 0 Å². The smallest absolute Gasteiger partial charge is 0.150 e. The minimum atomic E-state index is -0.338. The van der Waals surface area contributed by atoms with Crippen LogP contribution in [0.3, 0.4) is 0 Å². The Hall–Kier alpha value is -3.35. The van der Waals surface area contributed by atoms with Crippen molar-refractivity contribution in [1.29, 1.82) is 0 Å². The Labute approximate surface area is 231 Å². The van der Waals surface area contributed by atoms with Crippen LogP contribution in [0.4, 0.5) is 0 Å². The van der Waals surface area contributed by atoms with E-state index in [-0.39, 0.29) is 11.9 Å². The van der Waals surface area contributed by atoms with Crippen LogP contribution in [0, 0.1) is 5.92 Å². The van der Waals surface area contributed by atoms with Gasteiger partial charge in [-0.15, -0.1) is 12.6 Å². The van der Waals surface area contributed by atoms with Crippen LogP contribution in [0.25, 0.3) is 16.1 Å². The molecule has 5 nitrogen and oxygen atoms in total. The number of aromatic hydroxyl groups is 1. The molecule has 38 heavy (non-hydrogen) atoms. The maximum absolute atomic E-state index is 10.2. The van der Waals surface area contributed by atoms with Crippen LogP contribution in [0.15, 0.2) is 72.9 Å². The van der Waals surface area contributed by atoms with Crippen molar-refractivity contribution in [1.82, 2.24) is 4.90 Å². The molecule has 198 valence electrons. The third-order valence-corrected chi connectivity index (χ3v) is 8.07. The second-order valence-electron chi connectivity index (χ2n) is 10.5. The minimum Gasteiger partial charge on any atom is -0.508 e. The van der Waals surface area contributed by atoms with Gasteiger partial charge in [0.1, 0.15) is 30.0 Å². The molecule has 3 N–H and O–H groups in total. The number of hydrogen-bond donors (Lipinski definition) is 3. The molecular formula is C32H36N2O3S. The van der Waals surface area contributed by atoms with E-state index in [1.807, 2.05) is 36.4 Å². The van der Waals surface area contributed by atoms with E-state index in [0.717, 1.165) is 63.9 Å². The number of fused-ring (bicyclic) bond motifs is 1. The fraction of sp³-hybridized carbons (Fsp3) is 0.312. The first-order valence-corrected chi connectivity index (χ1v) is 13.7. The molecule has 1 fully saturated rings. The molecule has 0 aromatic heterocycles. The van der Waals surface area contributed by atoms with E-state index in [4.69, 9.17) is 15.2 Å². The summed E-state index contributed by atoms with van der Waals surface area (Å²) in [4.78, 5) is 3.21. The largest absolute Gasteiger partial charge is 0.508 e. The molecular weight excluding hydrogens is 492 g/mol. The standard InChI is InChI=1S/C32H36N2O3S/c1-20-13-14-34(18-20)21(2)19-36-27-10-7-23(8-11-27)32-31(25-5-4-6-26(35)15-25)22(3)28-16-24(30(38)17-33)9-12-29(28)37-32/h4-12,15-17,20-21,32,35,38H,13-14,18-19,33H2,1-3H3/b30-17-/t20-,21+,32?/m1/s1. The van der Waals surface area contributed by atoms with Crippen molar-refractivity contribution in [3.8, 4) is 17.2 Å². The van der Waals surface area contributed by atoms with Crippen LogP contribution in [0.2, 0.25) is 0 Å². The van der Waals surface area contributed by atoms with Crippen molar-refractivity contribution in [2.24, 2.45) is 11.7 Å². The maximum atomic E-state index is 10.2. The summed E-state index contributed by atoms with van der Waals surface area (Å²) >= 11 is 4.50. The van der Waals surface area contributed by atoms with E-state index in [2.05, 4.69) is 56.5 Å². The summed E-state index contributed by atoms with van der Waals surface area (Å²) < 4.78 is 12.8. The van der Waals surface area contributed by atoms with Gasteiger partial charge in [0, 0.05) is 34.8 Å². The van der Waals surface area contributed by atoms with Gasteiger partial charge >= 0.3 is 0 Å². The Bertz CT molecular complexity index is 1370. The lowest BCUT2D eigenvalue weighted by molar-refractivity contribution is 0.169. The minimum absolute atomic E-state index is 0.218. The van der Waals surface area contributed by atoms with Gasteiger partial charge < -0.3 is 20.3 Å². The van der Waals surface area contributed by atoms with Crippen molar-refractivity contribution in [2.75, 3.05) is 19.7 Å². The summed E-state index contributed by atoms with van der Waals surface area (Å²) in [6, 6.07) is 21.9. The Balaban J connectivity index is 1.44. The SMILES string of the molecule is CC1=C(c2cccc(O)c2)C(c2ccc(OC[C@H](C)N3CC[C@@H](C)C3)cc2)Oc2ccc(/C(S)=C/N)cc21. The lowest BCUT2D eigenvalue weighted by atomic mass is 9.85. The summed E-state index contributed by atoms with van der Waals surface area (Å²) in [6.07, 6.45) is 2.41. The molecule has 2 heterocycles. The number of allylic oxidation sites excluding steroid dienone is 1. The molecule has 0 radical (unpaired) electrons. The monoisotopic (exact) mass is 528 g/mol. The molecule has 0 bridgehead atoms. The molecule has 0 amide bonds. The highest BCUT2D eigenvalue weighted by Crippen LogP contribution is 2.47. The van der Waals surface area contributed by atoms with Gasteiger partial charge in [-0.05, 0) is 91.4 Å². The van der Waals surface area contributed by atoms with Crippen LogP contribution in [-0.2, 0) is 0 Å². The Morgan fingerprint density at radius 2 is 1.97 bits per heavy atom. The fourth-order valence-corrected chi connectivity index (χ4v) is 5.55. The van der Waals surface area contributed by atoms with Gasteiger partial charge in [0.15, 0.2) is 0 Å². The molecule has 2 aliphatic heterocycles. The molecule has 3 aromatic carbocycles. The van der Waals surface area contributed by atoms with Crippen LogP contribution in [-0.4, -0.2) is 35.7 Å². The van der Waals surface area contributed by atoms with Gasteiger partial charge in [0.25, 0.3) is 0 Å². The van der Waals surface area contributed by atoms with Crippen molar-refractivity contribution >= 4 is 28.7 Å². The predicted molar refractivity (Wildman–Crippen MR) is 158 cm³/mol. The molecule has 5 rings (SSSR count). The van der Waals surface area contributed by atoms with E-state index < -0.39 is 0 Å². The summed E-state index contributed by atoms with van der Waals surface area (Å²) in [6.45, 7) is 9.60. The van der Waals surface area contributed by atoms with Gasteiger partial charge in [-0.2, -0.15) is 0 Å². The lowest BCUT2D eigenvalue weighted by Crippen LogP contribution is -2.35. The first kappa shape index (κ1) is 26.3. The summed E-state index contributed by atoms with van der Waals surface area (Å²) in [5.74, 6) is 2.63. The number of phenols is 1. The average Bonchev–Trinajstić information content (AvgIpc) is 3.37. The fourth-order valence-electron chi connectivity index (χ4n) is 5.42. The van der Waals surface area contributed by atoms with Gasteiger partial charge in [0.05, 0.1) is 0 Å². The predicted octanol–water partition coefficient (Wildman–Crippen LogP) is 6.75. The summed E-state index contributed by atoms with van der Waals surface area (Å²) in [5.41, 5.74) is 11.6. The zero-order valence-corrected chi connectivity index (χ0v) is 23.1. The first-order valence-electron chi connectivity index (χ1n) is 13.2. The topological polar surface area (TPSA) is 68.0 Å². The van der Waals surface area contributed by atoms with Crippen LogP contribution in [0.5, 0.6) is 17.2 Å². The van der Waals surface area contributed by atoms with Crippen molar-refractivity contribution in [3.05, 3.63) is 95.2 Å².